The fourth-order valence-corrected chi connectivity index (χ4v) is 3.42. The predicted molar refractivity (Wildman–Crippen MR) is 81.7 cm³/mol. The third kappa shape index (κ3) is 3.07. The predicted octanol–water partition coefficient (Wildman–Crippen LogP) is 2.08. The molecule has 0 aromatic heterocycles. The Morgan fingerprint density at radius 1 is 1.29 bits per heavy atom. The minimum atomic E-state index is -0.210. The average Bonchev–Trinajstić information content (AvgIpc) is 3.00. The Labute approximate surface area is 126 Å². The molecule has 0 amide bonds. The van der Waals surface area contributed by atoms with Crippen molar-refractivity contribution in [2.45, 2.75) is 43.7 Å². The van der Waals surface area contributed by atoms with Crippen LogP contribution in [0.25, 0.3) is 0 Å². The van der Waals surface area contributed by atoms with Crippen LogP contribution in [-0.4, -0.2) is 38.6 Å². The first-order chi connectivity index (χ1) is 10.2. The van der Waals surface area contributed by atoms with Crippen molar-refractivity contribution < 1.29 is 14.2 Å². The Hall–Kier alpha value is -1.10. The van der Waals surface area contributed by atoms with Gasteiger partial charge in [-0.1, -0.05) is 12.1 Å². The molecule has 2 N–H and O–H groups in total. The van der Waals surface area contributed by atoms with Crippen LogP contribution in [0.4, 0.5) is 0 Å². The summed E-state index contributed by atoms with van der Waals surface area (Å²) >= 11 is 0. The molecule has 1 atom stereocenters. The third-order valence-electron chi connectivity index (χ3n) is 4.92. The summed E-state index contributed by atoms with van der Waals surface area (Å²) in [5.41, 5.74) is 8.91. The highest BCUT2D eigenvalue weighted by atomic mass is 16.5. The molecule has 0 spiro atoms. The molecule has 2 aliphatic rings. The third-order valence-corrected chi connectivity index (χ3v) is 4.92. The van der Waals surface area contributed by atoms with E-state index in [0.717, 1.165) is 57.7 Å². The molecule has 21 heavy (non-hydrogen) atoms. The van der Waals surface area contributed by atoms with Gasteiger partial charge in [-0.15, -0.1) is 0 Å². The van der Waals surface area contributed by atoms with E-state index in [-0.39, 0.29) is 11.6 Å². The van der Waals surface area contributed by atoms with Gasteiger partial charge < -0.3 is 19.9 Å². The maximum Gasteiger partial charge on any atom is 0.122 e. The number of hydrogen-bond donors (Lipinski definition) is 1. The van der Waals surface area contributed by atoms with Crippen molar-refractivity contribution in [1.82, 2.24) is 0 Å². The highest BCUT2D eigenvalue weighted by Crippen LogP contribution is 2.30. The van der Waals surface area contributed by atoms with Gasteiger partial charge >= 0.3 is 0 Å². The van der Waals surface area contributed by atoms with E-state index in [4.69, 9.17) is 19.9 Å². The topological polar surface area (TPSA) is 53.7 Å². The maximum atomic E-state index is 6.45. The molecule has 3 rings (SSSR count). The van der Waals surface area contributed by atoms with E-state index in [2.05, 4.69) is 18.2 Å². The number of ether oxygens (including phenoxy) is 3. The molecule has 1 saturated heterocycles. The van der Waals surface area contributed by atoms with Crippen molar-refractivity contribution in [3.8, 4) is 5.75 Å². The summed E-state index contributed by atoms with van der Waals surface area (Å²) in [7, 11) is 1.78. The van der Waals surface area contributed by atoms with Gasteiger partial charge in [0.1, 0.15) is 5.75 Å². The van der Waals surface area contributed by atoms with Crippen LogP contribution >= 0.6 is 0 Å². The molecule has 2 heterocycles. The van der Waals surface area contributed by atoms with E-state index in [1.54, 1.807) is 7.11 Å². The van der Waals surface area contributed by atoms with Gasteiger partial charge in [-0.3, -0.25) is 0 Å². The van der Waals surface area contributed by atoms with Crippen molar-refractivity contribution >= 4 is 0 Å². The van der Waals surface area contributed by atoms with Crippen LogP contribution in [-0.2, 0) is 22.3 Å². The summed E-state index contributed by atoms with van der Waals surface area (Å²) in [5, 5.41) is 0. The second kappa shape index (κ2) is 6.34. The molecule has 2 aliphatic heterocycles. The van der Waals surface area contributed by atoms with Gasteiger partial charge in [0.15, 0.2) is 0 Å². The molecule has 0 aliphatic carbocycles. The fourth-order valence-electron chi connectivity index (χ4n) is 3.42. The molecule has 0 saturated carbocycles. The minimum Gasteiger partial charge on any atom is -0.493 e. The van der Waals surface area contributed by atoms with Crippen LogP contribution in [0.5, 0.6) is 5.75 Å². The molecule has 1 aromatic rings. The lowest BCUT2D eigenvalue weighted by molar-refractivity contribution is -0.105. The van der Waals surface area contributed by atoms with Gasteiger partial charge in [0.25, 0.3) is 0 Å². The molecule has 1 fully saturated rings. The van der Waals surface area contributed by atoms with Gasteiger partial charge in [-0.25, -0.2) is 0 Å². The van der Waals surface area contributed by atoms with Crippen LogP contribution in [0.1, 0.15) is 30.4 Å². The highest BCUT2D eigenvalue weighted by Gasteiger charge is 2.38. The molecule has 0 radical (unpaired) electrons. The van der Waals surface area contributed by atoms with Crippen LogP contribution < -0.4 is 10.5 Å². The largest absolute Gasteiger partial charge is 0.493 e. The quantitative estimate of drug-likeness (QED) is 0.902. The van der Waals surface area contributed by atoms with E-state index in [9.17, 15) is 0 Å². The zero-order valence-electron chi connectivity index (χ0n) is 12.8. The molecular weight excluding hydrogens is 266 g/mol. The van der Waals surface area contributed by atoms with Crippen molar-refractivity contribution in [2.75, 3.05) is 26.9 Å². The molecule has 1 unspecified atom stereocenters. The monoisotopic (exact) mass is 291 g/mol. The zero-order valence-corrected chi connectivity index (χ0v) is 12.8. The SMILES string of the molecule is COC1(C(N)CCc2ccc3c(c2)CCO3)CCOCC1. The Morgan fingerprint density at radius 2 is 2.10 bits per heavy atom. The Kier molecular flexibility index (Phi) is 4.48. The Morgan fingerprint density at radius 3 is 2.86 bits per heavy atom. The summed E-state index contributed by atoms with van der Waals surface area (Å²) in [5.74, 6) is 1.04. The lowest BCUT2D eigenvalue weighted by atomic mass is 9.83. The van der Waals surface area contributed by atoms with Gasteiger partial charge in [0.05, 0.1) is 12.2 Å². The lowest BCUT2D eigenvalue weighted by Gasteiger charge is -2.40. The molecule has 1 aromatic carbocycles. The van der Waals surface area contributed by atoms with Gasteiger partial charge in [-0.2, -0.15) is 0 Å². The van der Waals surface area contributed by atoms with Gasteiger partial charge in [-0.05, 0) is 30.0 Å². The maximum absolute atomic E-state index is 6.45. The number of aryl methyl sites for hydroxylation is 1. The number of rotatable bonds is 5. The highest BCUT2D eigenvalue weighted by molar-refractivity contribution is 5.39. The van der Waals surface area contributed by atoms with Crippen LogP contribution in [0.3, 0.4) is 0 Å². The van der Waals surface area contributed by atoms with Gasteiger partial charge in [0.2, 0.25) is 0 Å². The summed E-state index contributed by atoms with van der Waals surface area (Å²) in [6.45, 7) is 2.31. The molecule has 4 heteroatoms. The van der Waals surface area contributed by atoms with Crippen molar-refractivity contribution in [1.29, 1.82) is 0 Å². The van der Waals surface area contributed by atoms with Crippen molar-refractivity contribution in [3.05, 3.63) is 29.3 Å². The summed E-state index contributed by atoms with van der Waals surface area (Å²) in [6, 6.07) is 6.55. The lowest BCUT2D eigenvalue weighted by Crippen LogP contribution is -2.53. The fraction of sp³-hybridized carbons (Fsp3) is 0.647. The Bertz CT molecular complexity index is 483. The number of benzene rings is 1. The smallest absolute Gasteiger partial charge is 0.122 e. The molecule has 116 valence electrons. The number of methoxy groups -OCH3 is 1. The van der Waals surface area contributed by atoms with Crippen molar-refractivity contribution in [2.24, 2.45) is 5.73 Å². The Balaban J connectivity index is 1.61. The van der Waals surface area contributed by atoms with Crippen LogP contribution in [0.15, 0.2) is 18.2 Å². The van der Waals surface area contributed by atoms with E-state index >= 15 is 0 Å². The standard InChI is InChI=1S/C17H25NO3/c1-19-17(7-10-20-11-8-17)16(18)5-3-13-2-4-15-14(12-13)6-9-21-15/h2,4,12,16H,3,5-11,18H2,1H3. The minimum absolute atomic E-state index is 0.0518. The normalized spacial score (nSPS) is 21.6. The van der Waals surface area contributed by atoms with Gasteiger partial charge in [0, 0.05) is 45.6 Å². The summed E-state index contributed by atoms with van der Waals surface area (Å²) < 4.78 is 16.8. The number of nitrogens with two attached hydrogens (primary N) is 1. The molecular formula is C17H25NO3. The van der Waals surface area contributed by atoms with Crippen molar-refractivity contribution in [3.63, 3.8) is 0 Å². The van der Waals surface area contributed by atoms with Crippen LogP contribution in [0.2, 0.25) is 0 Å². The number of fused-ring (bicyclic) bond motifs is 1. The second-order valence-corrected chi connectivity index (χ2v) is 6.07. The molecule has 4 nitrogen and oxygen atoms in total. The summed E-state index contributed by atoms with van der Waals surface area (Å²) in [6.07, 6.45) is 4.73. The van der Waals surface area contributed by atoms with E-state index in [0.29, 0.717) is 0 Å². The van der Waals surface area contributed by atoms with Crippen LogP contribution in [0, 0.1) is 0 Å². The first kappa shape index (κ1) is 14.8. The number of hydrogen-bond acceptors (Lipinski definition) is 4. The first-order valence-corrected chi connectivity index (χ1v) is 7.87. The first-order valence-electron chi connectivity index (χ1n) is 7.87. The second-order valence-electron chi connectivity index (χ2n) is 6.07. The average molecular weight is 291 g/mol. The molecule has 0 bridgehead atoms. The van der Waals surface area contributed by atoms with E-state index < -0.39 is 0 Å². The summed E-state index contributed by atoms with van der Waals surface area (Å²) in [4.78, 5) is 0. The zero-order chi connectivity index (χ0) is 14.7. The van der Waals surface area contributed by atoms with E-state index in [1.165, 1.54) is 11.1 Å². The van der Waals surface area contributed by atoms with E-state index in [1.807, 2.05) is 0 Å².